The van der Waals surface area contributed by atoms with E-state index in [-0.39, 0.29) is 5.91 Å². The molecule has 1 N–H and O–H groups in total. The van der Waals surface area contributed by atoms with Crippen molar-refractivity contribution in [1.82, 2.24) is 10.2 Å². The van der Waals surface area contributed by atoms with Gasteiger partial charge in [0.25, 0.3) is 12.3 Å². The fourth-order valence-corrected chi connectivity index (χ4v) is 9.58. The van der Waals surface area contributed by atoms with Gasteiger partial charge in [-0.15, -0.1) is 11.3 Å². The lowest BCUT2D eigenvalue weighted by Gasteiger charge is -2.49. The molecule has 0 radical (unpaired) electrons. The van der Waals surface area contributed by atoms with E-state index in [1.165, 1.54) is 69.1 Å². The number of esters is 1. The maximum absolute atomic E-state index is 14.4. The van der Waals surface area contributed by atoms with E-state index >= 15 is 0 Å². The third-order valence-corrected chi connectivity index (χ3v) is 12.5. The first-order valence-electron chi connectivity index (χ1n) is 18.7. The molecule has 1 aromatic heterocycles. The topological polar surface area (TPSA) is 98.8 Å². The molecule has 11 heteroatoms. The number of amides is 2. The maximum atomic E-state index is 14.4. The zero-order valence-corrected chi connectivity index (χ0v) is 31.5. The lowest BCUT2D eigenvalue weighted by atomic mass is 9.96. The van der Waals surface area contributed by atoms with Crippen molar-refractivity contribution in [2.45, 2.75) is 120 Å². The molecule has 0 bridgehead atoms. The third-order valence-electron chi connectivity index (χ3n) is 9.89. The smallest absolute Gasteiger partial charge is 0.356 e. The first kappa shape index (κ1) is 39.7. The van der Waals surface area contributed by atoms with Crippen molar-refractivity contribution in [3.05, 3.63) is 105 Å². The number of alkyl halides is 2. The molecule has 3 unspecified atom stereocenters. The van der Waals surface area contributed by atoms with Gasteiger partial charge in [0.15, 0.2) is 12.1 Å². The number of unbranched alkanes of at least 4 members (excludes halogenated alkanes) is 11. The summed E-state index contributed by atoms with van der Waals surface area (Å²) in [5, 5.41) is 3.53. The van der Waals surface area contributed by atoms with E-state index in [1.54, 1.807) is 60.7 Å². The summed E-state index contributed by atoms with van der Waals surface area (Å²) in [6.45, 7) is 2.23. The lowest BCUT2D eigenvalue weighted by molar-refractivity contribution is -0.155. The van der Waals surface area contributed by atoms with Crippen LogP contribution < -0.4 is 5.32 Å². The average molecular weight is 753 g/mol. The molecular formula is C41H50F2N2O5S2. The predicted molar refractivity (Wildman–Crippen MR) is 202 cm³/mol. The summed E-state index contributed by atoms with van der Waals surface area (Å²) in [5.74, 6) is -3.37. The minimum Gasteiger partial charge on any atom is -0.614 e. The summed E-state index contributed by atoms with van der Waals surface area (Å²) in [6.07, 6.45) is 10.9. The van der Waals surface area contributed by atoms with Crippen LogP contribution in [0, 0.1) is 0 Å². The van der Waals surface area contributed by atoms with Gasteiger partial charge < -0.3 is 14.6 Å². The van der Waals surface area contributed by atoms with Gasteiger partial charge in [-0.2, -0.15) is 0 Å². The zero-order valence-electron chi connectivity index (χ0n) is 29.9. The van der Waals surface area contributed by atoms with E-state index in [0.717, 1.165) is 29.0 Å². The number of ether oxygens (including phenoxy) is 1. The molecule has 2 aromatic carbocycles. The van der Waals surface area contributed by atoms with Gasteiger partial charge in [0, 0.05) is 4.88 Å². The molecule has 0 spiro atoms. The standard InChI is InChI=1S/C41H50F2N2O5S2/c1-2-3-4-5-6-7-8-9-10-11-12-19-25-31(33-26-20-27-51-33)38(46)44-34-39(47)45-35(32(37(42)43)28-52(49)40(34)45)41(48)50-36(29-21-15-13-16-22-29)30-23-17-14-18-24-30/h13-18,20-24,26-27,31,34,36-37,40H,2-12,19,25,28H2,1H3,(H,44,46)/t31?,34?,40-,52?/m0/s1. The summed E-state index contributed by atoms with van der Waals surface area (Å²) in [4.78, 5) is 42.9. The summed E-state index contributed by atoms with van der Waals surface area (Å²) >= 11 is -0.523. The number of β-lactam (4-membered cyclic amide) rings is 1. The summed E-state index contributed by atoms with van der Waals surface area (Å²) < 4.78 is 48.1. The Morgan fingerprint density at radius 3 is 1.94 bits per heavy atom. The molecule has 280 valence electrons. The van der Waals surface area contributed by atoms with Crippen molar-refractivity contribution in [2.75, 3.05) is 5.75 Å². The van der Waals surface area contributed by atoms with Crippen LogP contribution in [0.3, 0.4) is 0 Å². The molecule has 2 aliphatic rings. The van der Waals surface area contributed by atoms with Gasteiger partial charge in [-0.25, -0.2) is 13.6 Å². The van der Waals surface area contributed by atoms with E-state index in [1.807, 2.05) is 17.5 Å². The molecule has 7 nitrogen and oxygen atoms in total. The Labute approximate surface area is 313 Å². The number of thiophene rings is 1. The van der Waals surface area contributed by atoms with Gasteiger partial charge in [0.2, 0.25) is 11.3 Å². The average Bonchev–Trinajstić information content (AvgIpc) is 3.69. The van der Waals surface area contributed by atoms with E-state index in [9.17, 15) is 27.7 Å². The second kappa shape index (κ2) is 20.1. The first-order valence-corrected chi connectivity index (χ1v) is 20.9. The number of nitrogens with one attached hydrogen (secondary N) is 1. The van der Waals surface area contributed by atoms with Crippen LogP contribution in [0.5, 0.6) is 0 Å². The fourth-order valence-electron chi connectivity index (χ4n) is 7.04. The molecular weight excluding hydrogens is 703 g/mol. The number of rotatable bonds is 21. The molecule has 5 rings (SSSR count). The number of carbonyl (C=O) groups excluding carboxylic acids is 3. The minimum absolute atomic E-state index is 0.374. The number of fused-ring (bicyclic) bond motifs is 1. The summed E-state index contributed by atoms with van der Waals surface area (Å²) in [5.41, 5.74) is -0.0747. The van der Waals surface area contributed by atoms with E-state index in [2.05, 4.69) is 12.2 Å². The first-order chi connectivity index (χ1) is 25.3. The zero-order chi connectivity index (χ0) is 36.9. The second-order valence-corrected chi connectivity index (χ2v) is 16.1. The van der Waals surface area contributed by atoms with Crippen LogP contribution in [0.4, 0.5) is 8.78 Å². The molecule has 2 amide bonds. The normalized spacial score (nSPS) is 19.1. The Morgan fingerprint density at radius 2 is 1.42 bits per heavy atom. The second-order valence-electron chi connectivity index (χ2n) is 13.6. The monoisotopic (exact) mass is 752 g/mol. The van der Waals surface area contributed by atoms with Crippen LogP contribution in [-0.4, -0.2) is 50.8 Å². The van der Waals surface area contributed by atoms with Crippen LogP contribution >= 0.6 is 11.3 Å². The van der Waals surface area contributed by atoms with Crippen molar-refractivity contribution in [3.63, 3.8) is 0 Å². The molecule has 4 atom stereocenters. The molecule has 1 saturated heterocycles. The van der Waals surface area contributed by atoms with Gasteiger partial charge in [0.05, 0.1) is 11.5 Å². The number of halogens is 2. The highest BCUT2D eigenvalue weighted by atomic mass is 32.2. The number of carbonyl (C=O) groups is 3. The van der Waals surface area contributed by atoms with Crippen molar-refractivity contribution in [1.29, 1.82) is 0 Å². The van der Waals surface area contributed by atoms with Crippen LogP contribution in [0.15, 0.2) is 89.4 Å². The van der Waals surface area contributed by atoms with Crippen molar-refractivity contribution >= 4 is 40.3 Å². The SMILES string of the molecule is CCCCCCCCCCCCCCC(C(=O)NC1C(=O)N2C(C(=O)OC(c3ccccc3)c3ccccc3)=C(C(F)F)C[S+]([O-])[C@@H]12)c1cccs1. The van der Waals surface area contributed by atoms with E-state index < -0.39 is 69.9 Å². The highest BCUT2D eigenvalue weighted by molar-refractivity contribution is 7.92. The molecule has 1 fully saturated rings. The number of hydrogen-bond donors (Lipinski definition) is 1. The van der Waals surface area contributed by atoms with Gasteiger partial charge in [0.1, 0.15) is 11.4 Å². The van der Waals surface area contributed by atoms with Crippen molar-refractivity contribution < 1.29 is 32.5 Å². The predicted octanol–water partition coefficient (Wildman–Crippen LogP) is 9.19. The van der Waals surface area contributed by atoms with Gasteiger partial charge in [-0.3, -0.25) is 14.5 Å². The Morgan fingerprint density at radius 1 is 0.865 bits per heavy atom. The van der Waals surface area contributed by atoms with Crippen LogP contribution in [-0.2, 0) is 30.3 Å². The highest BCUT2D eigenvalue weighted by Gasteiger charge is 2.62. The highest BCUT2D eigenvalue weighted by Crippen LogP contribution is 2.40. The molecule has 2 aliphatic heterocycles. The van der Waals surface area contributed by atoms with Crippen molar-refractivity contribution in [3.8, 4) is 0 Å². The quantitative estimate of drug-likeness (QED) is 0.0507. The number of benzene rings is 2. The van der Waals surface area contributed by atoms with Crippen molar-refractivity contribution in [2.24, 2.45) is 0 Å². The molecule has 0 aliphatic carbocycles. The summed E-state index contributed by atoms with van der Waals surface area (Å²) in [7, 11) is 0. The Kier molecular flexibility index (Phi) is 15.3. The fraction of sp³-hybridized carbons (Fsp3) is 0.488. The number of nitrogens with zero attached hydrogens (tertiary/aromatic N) is 1. The largest absolute Gasteiger partial charge is 0.614 e. The molecule has 52 heavy (non-hydrogen) atoms. The van der Waals surface area contributed by atoms with Gasteiger partial charge in [-0.05, 0) is 40.2 Å². The lowest BCUT2D eigenvalue weighted by Crippen LogP contribution is -2.75. The Bertz CT molecular complexity index is 1570. The van der Waals surface area contributed by atoms with Crippen LogP contribution in [0.1, 0.15) is 118 Å². The minimum atomic E-state index is -3.14. The van der Waals surface area contributed by atoms with Gasteiger partial charge >= 0.3 is 5.97 Å². The third kappa shape index (κ3) is 10.1. The number of hydrogen-bond acceptors (Lipinski definition) is 6. The molecule has 3 aromatic rings. The van der Waals surface area contributed by atoms with E-state index in [4.69, 9.17) is 4.74 Å². The van der Waals surface area contributed by atoms with Crippen LogP contribution in [0.25, 0.3) is 0 Å². The Hall–Kier alpha value is -3.54. The molecule has 0 saturated carbocycles. The van der Waals surface area contributed by atoms with Gasteiger partial charge in [-0.1, -0.05) is 151 Å². The van der Waals surface area contributed by atoms with E-state index in [0.29, 0.717) is 17.5 Å². The Balaban J connectivity index is 1.21. The maximum Gasteiger partial charge on any atom is 0.356 e. The molecule has 3 heterocycles. The summed E-state index contributed by atoms with van der Waals surface area (Å²) in [6, 6.07) is 20.3. The van der Waals surface area contributed by atoms with Crippen LogP contribution in [0.2, 0.25) is 0 Å².